The fourth-order valence-electron chi connectivity index (χ4n) is 3.13. The molecule has 2 atom stereocenters. The van der Waals surface area contributed by atoms with E-state index in [-0.39, 0.29) is 6.10 Å². The van der Waals surface area contributed by atoms with E-state index in [0.717, 1.165) is 24.8 Å². The summed E-state index contributed by atoms with van der Waals surface area (Å²) < 4.78 is 0. The van der Waals surface area contributed by atoms with Crippen LogP contribution < -0.4 is 0 Å². The van der Waals surface area contributed by atoms with Crippen molar-refractivity contribution < 1.29 is 5.11 Å². The lowest BCUT2D eigenvalue weighted by molar-refractivity contribution is 0.0993. The van der Waals surface area contributed by atoms with Crippen molar-refractivity contribution in [2.45, 2.75) is 31.8 Å². The number of hydrogen-bond donors (Lipinski definition) is 1. The van der Waals surface area contributed by atoms with Gasteiger partial charge in [0.2, 0.25) is 0 Å². The third-order valence-electron chi connectivity index (χ3n) is 4.37. The Balaban J connectivity index is 1.70. The summed E-state index contributed by atoms with van der Waals surface area (Å²) in [5, 5.41) is 11.8. The second-order valence-electron chi connectivity index (χ2n) is 5.78. The number of halogens is 2. The van der Waals surface area contributed by atoms with E-state index in [9.17, 15) is 5.11 Å². The number of fused-ring (bicyclic) bond motifs is 1. The van der Waals surface area contributed by atoms with Gasteiger partial charge >= 0.3 is 0 Å². The topological polar surface area (TPSA) is 20.2 Å². The molecule has 0 aliphatic heterocycles. The summed E-state index contributed by atoms with van der Waals surface area (Å²) >= 11 is 12.1. The van der Waals surface area contributed by atoms with E-state index in [2.05, 4.69) is 24.3 Å². The van der Waals surface area contributed by atoms with Crippen molar-refractivity contribution in [1.29, 1.82) is 0 Å². The van der Waals surface area contributed by atoms with Gasteiger partial charge in [-0.1, -0.05) is 53.5 Å². The first kappa shape index (κ1) is 14.9. The predicted molar refractivity (Wildman–Crippen MR) is 88.1 cm³/mol. The summed E-state index contributed by atoms with van der Waals surface area (Å²) in [4.78, 5) is 0. The molecule has 110 valence electrons. The second-order valence-corrected chi connectivity index (χ2v) is 6.62. The summed E-state index contributed by atoms with van der Waals surface area (Å²) in [6, 6.07) is 14.0. The van der Waals surface area contributed by atoms with Crippen molar-refractivity contribution >= 4 is 23.2 Å². The van der Waals surface area contributed by atoms with Crippen LogP contribution in [-0.2, 0) is 19.3 Å². The highest BCUT2D eigenvalue weighted by molar-refractivity contribution is 6.35. The molecule has 2 unspecified atom stereocenters. The minimum absolute atomic E-state index is 0.298. The summed E-state index contributed by atoms with van der Waals surface area (Å²) in [6.07, 6.45) is 3.25. The van der Waals surface area contributed by atoms with E-state index in [1.165, 1.54) is 11.1 Å². The molecule has 0 radical (unpaired) electrons. The van der Waals surface area contributed by atoms with Gasteiger partial charge in [0.25, 0.3) is 0 Å². The minimum Gasteiger partial charge on any atom is -0.392 e. The predicted octanol–water partition coefficient (Wildman–Crippen LogP) is 4.70. The Bertz CT molecular complexity index is 639. The first-order valence-electron chi connectivity index (χ1n) is 7.32. The average molecular weight is 321 g/mol. The Morgan fingerprint density at radius 3 is 2.62 bits per heavy atom. The van der Waals surface area contributed by atoms with Crippen LogP contribution in [0.4, 0.5) is 0 Å². The molecule has 1 aliphatic rings. The molecule has 0 saturated carbocycles. The molecule has 1 aliphatic carbocycles. The molecule has 0 aromatic heterocycles. The molecule has 3 rings (SSSR count). The third kappa shape index (κ3) is 3.42. The number of aliphatic hydroxyl groups excluding tert-OH is 1. The van der Waals surface area contributed by atoms with Crippen LogP contribution in [0, 0.1) is 5.92 Å². The van der Waals surface area contributed by atoms with E-state index in [1.807, 2.05) is 12.1 Å². The van der Waals surface area contributed by atoms with Gasteiger partial charge in [0.1, 0.15) is 0 Å². The molecule has 1 nitrogen and oxygen atoms in total. The molecule has 0 saturated heterocycles. The Hall–Kier alpha value is -1.02. The van der Waals surface area contributed by atoms with Gasteiger partial charge in [-0.2, -0.15) is 0 Å². The normalized spacial score (nSPS) is 19.1. The summed E-state index contributed by atoms with van der Waals surface area (Å²) in [5.41, 5.74) is 3.76. The van der Waals surface area contributed by atoms with E-state index < -0.39 is 0 Å². The van der Waals surface area contributed by atoms with Crippen molar-refractivity contribution in [2.24, 2.45) is 5.92 Å². The molecular weight excluding hydrogens is 303 g/mol. The van der Waals surface area contributed by atoms with Crippen LogP contribution in [-0.4, -0.2) is 11.2 Å². The number of aliphatic hydroxyl groups is 1. The Morgan fingerprint density at radius 2 is 1.86 bits per heavy atom. The zero-order chi connectivity index (χ0) is 14.8. The minimum atomic E-state index is -0.364. The van der Waals surface area contributed by atoms with Crippen LogP contribution in [0.25, 0.3) is 0 Å². The maximum atomic E-state index is 10.6. The van der Waals surface area contributed by atoms with E-state index in [1.54, 1.807) is 6.07 Å². The van der Waals surface area contributed by atoms with E-state index >= 15 is 0 Å². The van der Waals surface area contributed by atoms with Gasteiger partial charge in [-0.15, -0.1) is 0 Å². The van der Waals surface area contributed by atoms with E-state index in [0.29, 0.717) is 22.4 Å². The standard InChI is InChI=1S/C18H18Cl2O/c19-16-8-7-14(17(20)11-16)10-18(21)15-6-5-12-3-1-2-4-13(12)9-15/h1-4,7-8,11,15,18,21H,5-6,9-10H2. The first-order chi connectivity index (χ1) is 10.1. The summed E-state index contributed by atoms with van der Waals surface area (Å²) in [5.74, 6) is 0.298. The smallest absolute Gasteiger partial charge is 0.0612 e. The highest BCUT2D eigenvalue weighted by Crippen LogP contribution is 2.30. The van der Waals surface area contributed by atoms with Gasteiger partial charge in [0.15, 0.2) is 0 Å². The summed E-state index contributed by atoms with van der Waals surface area (Å²) in [7, 11) is 0. The van der Waals surface area contributed by atoms with Crippen molar-refractivity contribution in [3.8, 4) is 0 Å². The highest BCUT2D eigenvalue weighted by atomic mass is 35.5. The second kappa shape index (κ2) is 6.39. The van der Waals surface area contributed by atoms with Crippen LogP contribution in [0.3, 0.4) is 0 Å². The maximum Gasteiger partial charge on any atom is 0.0612 e. The van der Waals surface area contributed by atoms with E-state index in [4.69, 9.17) is 23.2 Å². The fourth-order valence-corrected chi connectivity index (χ4v) is 3.62. The molecular formula is C18H18Cl2O. The van der Waals surface area contributed by atoms with Crippen molar-refractivity contribution in [3.05, 3.63) is 69.2 Å². The quantitative estimate of drug-likeness (QED) is 0.868. The van der Waals surface area contributed by atoms with Crippen LogP contribution >= 0.6 is 23.2 Å². The molecule has 0 amide bonds. The molecule has 0 spiro atoms. The SMILES string of the molecule is OC(Cc1ccc(Cl)cc1Cl)C1CCc2ccccc2C1. The van der Waals surface area contributed by atoms with Gasteiger partial charge in [-0.05, 0) is 54.0 Å². The largest absolute Gasteiger partial charge is 0.392 e. The zero-order valence-corrected chi connectivity index (χ0v) is 13.2. The van der Waals surface area contributed by atoms with Gasteiger partial charge in [0.05, 0.1) is 6.10 Å². The molecule has 21 heavy (non-hydrogen) atoms. The Kier molecular flexibility index (Phi) is 4.54. The summed E-state index contributed by atoms with van der Waals surface area (Å²) in [6.45, 7) is 0. The Labute approximate surface area is 135 Å². The van der Waals surface area contributed by atoms with Crippen LogP contribution in [0.5, 0.6) is 0 Å². The van der Waals surface area contributed by atoms with Crippen LogP contribution in [0.2, 0.25) is 10.0 Å². The molecule has 2 aromatic carbocycles. The maximum absolute atomic E-state index is 10.6. The third-order valence-corrected chi connectivity index (χ3v) is 4.96. The van der Waals surface area contributed by atoms with Gasteiger partial charge in [0, 0.05) is 16.5 Å². The molecule has 0 fully saturated rings. The number of rotatable bonds is 3. The molecule has 1 N–H and O–H groups in total. The average Bonchev–Trinajstić information content (AvgIpc) is 2.49. The molecule has 2 aromatic rings. The number of aryl methyl sites for hydroxylation is 1. The van der Waals surface area contributed by atoms with Gasteiger partial charge < -0.3 is 5.11 Å². The zero-order valence-electron chi connectivity index (χ0n) is 11.7. The Morgan fingerprint density at radius 1 is 1.10 bits per heavy atom. The molecule has 3 heteroatoms. The lowest BCUT2D eigenvalue weighted by Crippen LogP contribution is -2.28. The first-order valence-corrected chi connectivity index (χ1v) is 8.08. The monoisotopic (exact) mass is 320 g/mol. The lowest BCUT2D eigenvalue weighted by Gasteiger charge is -2.28. The lowest BCUT2D eigenvalue weighted by atomic mass is 9.79. The van der Waals surface area contributed by atoms with Crippen molar-refractivity contribution in [3.63, 3.8) is 0 Å². The molecule has 0 bridgehead atoms. The van der Waals surface area contributed by atoms with Crippen molar-refractivity contribution in [1.82, 2.24) is 0 Å². The van der Waals surface area contributed by atoms with Crippen LogP contribution in [0.15, 0.2) is 42.5 Å². The fraction of sp³-hybridized carbons (Fsp3) is 0.333. The van der Waals surface area contributed by atoms with Crippen LogP contribution in [0.1, 0.15) is 23.1 Å². The van der Waals surface area contributed by atoms with Crippen molar-refractivity contribution in [2.75, 3.05) is 0 Å². The number of hydrogen-bond acceptors (Lipinski definition) is 1. The molecule has 0 heterocycles. The van der Waals surface area contributed by atoms with Gasteiger partial charge in [-0.3, -0.25) is 0 Å². The number of benzene rings is 2. The highest BCUT2D eigenvalue weighted by Gasteiger charge is 2.25. The van der Waals surface area contributed by atoms with Gasteiger partial charge in [-0.25, -0.2) is 0 Å².